The van der Waals surface area contributed by atoms with Crippen molar-refractivity contribution in [1.82, 2.24) is 10.2 Å². The van der Waals surface area contributed by atoms with Crippen molar-refractivity contribution in [2.24, 2.45) is 0 Å². The Labute approximate surface area is 191 Å². The van der Waals surface area contributed by atoms with E-state index in [4.69, 9.17) is 14.7 Å². The maximum atomic E-state index is 12.8. The Morgan fingerprint density at radius 3 is 2.69 bits per heavy atom. The van der Waals surface area contributed by atoms with E-state index in [1.54, 1.807) is 6.26 Å². The van der Waals surface area contributed by atoms with Crippen molar-refractivity contribution in [3.63, 3.8) is 0 Å². The minimum absolute atomic E-state index is 0.0460. The highest BCUT2D eigenvalue weighted by atomic mass is 32.2. The lowest BCUT2D eigenvalue weighted by molar-refractivity contribution is -0.384. The molecule has 1 fully saturated rings. The van der Waals surface area contributed by atoms with Gasteiger partial charge in [0.2, 0.25) is 5.91 Å². The van der Waals surface area contributed by atoms with Gasteiger partial charge in [0.05, 0.1) is 23.9 Å². The third-order valence-electron chi connectivity index (χ3n) is 4.78. The first-order valence-corrected chi connectivity index (χ1v) is 11.5. The SMILES string of the molecule is COC1=C(C(=O)OCc2ccc([N+](=O)[O-])cc2)N2C(=O)C(NC(=O)C(C#N)SC)[C@@H]2SC1. The number of fused-ring (bicyclic) bond motifs is 1. The van der Waals surface area contributed by atoms with Gasteiger partial charge in [0.1, 0.15) is 23.8 Å². The number of carbonyl (C=O) groups is 3. The number of thioether (sulfide) groups is 2. The maximum absolute atomic E-state index is 12.8. The van der Waals surface area contributed by atoms with E-state index in [2.05, 4.69) is 5.32 Å². The van der Waals surface area contributed by atoms with Gasteiger partial charge in [-0.3, -0.25) is 24.6 Å². The third-order valence-corrected chi connectivity index (χ3v) is 6.82. The van der Waals surface area contributed by atoms with E-state index in [0.29, 0.717) is 5.56 Å². The summed E-state index contributed by atoms with van der Waals surface area (Å²) in [6.07, 6.45) is 1.62. The van der Waals surface area contributed by atoms with Crippen LogP contribution in [-0.2, 0) is 30.5 Å². The highest BCUT2D eigenvalue weighted by molar-refractivity contribution is 8.00. The fourth-order valence-electron chi connectivity index (χ4n) is 3.12. The molecule has 1 aromatic carbocycles. The molecule has 2 aliphatic rings. The molecule has 32 heavy (non-hydrogen) atoms. The van der Waals surface area contributed by atoms with Crippen LogP contribution in [0.2, 0.25) is 0 Å². The van der Waals surface area contributed by atoms with E-state index in [0.717, 1.165) is 11.8 Å². The molecule has 2 aliphatic heterocycles. The Kier molecular flexibility index (Phi) is 7.26. The molecule has 1 aromatic rings. The summed E-state index contributed by atoms with van der Waals surface area (Å²) < 4.78 is 10.6. The Bertz CT molecular complexity index is 1020. The summed E-state index contributed by atoms with van der Waals surface area (Å²) in [4.78, 5) is 49.1. The minimum Gasteiger partial charge on any atom is -0.498 e. The lowest BCUT2D eigenvalue weighted by Crippen LogP contribution is -2.71. The quantitative estimate of drug-likeness (QED) is 0.249. The molecule has 0 bridgehead atoms. The molecule has 2 amide bonds. The number of nitro benzene ring substituents is 1. The Balaban J connectivity index is 1.70. The fourth-order valence-corrected chi connectivity index (χ4v) is 4.81. The van der Waals surface area contributed by atoms with Crippen LogP contribution in [-0.4, -0.2) is 63.4 Å². The Hall–Kier alpha value is -3.24. The second kappa shape index (κ2) is 9.92. The van der Waals surface area contributed by atoms with Crippen LogP contribution < -0.4 is 5.32 Å². The molecule has 3 atom stereocenters. The Morgan fingerprint density at radius 1 is 1.44 bits per heavy atom. The molecule has 0 radical (unpaired) electrons. The Morgan fingerprint density at radius 2 is 2.12 bits per heavy atom. The zero-order valence-corrected chi connectivity index (χ0v) is 18.6. The van der Waals surface area contributed by atoms with Crippen molar-refractivity contribution < 1.29 is 28.8 Å². The van der Waals surface area contributed by atoms with Crippen molar-refractivity contribution in [2.45, 2.75) is 23.3 Å². The molecule has 0 aliphatic carbocycles. The molecule has 3 rings (SSSR count). The van der Waals surface area contributed by atoms with Gasteiger partial charge in [-0.15, -0.1) is 23.5 Å². The average molecular weight is 479 g/mol. The molecular formula is C19H18N4O7S2. The minimum atomic E-state index is -0.943. The molecule has 0 saturated carbocycles. The van der Waals surface area contributed by atoms with Crippen molar-refractivity contribution in [2.75, 3.05) is 19.1 Å². The first-order chi connectivity index (χ1) is 15.3. The van der Waals surface area contributed by atoms with Crippen LogP contribution in [0.1, 0.15) is 5.56 Å². The molecule has 11 nitrogen and oxygen atoms in total. The number of nitrogens with zero attached hydrogens (tertiary/aromatic N) is 3. The van der Waals surface area contributed by atoms with Gasteiger partial charge in [-0.2, -0.15) is 5.26 Å². The van der Waals surface area contributed by atoms with Gasteiger partial charge in [-0.1, -0.05) is 0 Å². The van der Waals surface area contributed by atoms with E-state index in [-0.39, 0.29) is 29.5 Å². The highest BCUT2D eigenvalue weighted by Gasteiger charge is 2.55. The van der Waals surface area contributed by atoms with Crippen molar-refractivity contribution >= 4 is 47.0 Å². The third kappa shape index (κ3) is 4.51. The van der Waals surface area contributed by atoms with Gasteiger partial charge in [-0.25, -0.2) is 4.79 Å². The lowest BCUT2D eigenvalue weighted by Gasteiger charge is -2.49. The molecule has 13 heteroatoms. The smallest absolute Gasteiger partial charge is 0.358 e. The number of non-ortho nitro benzene ring substituents is 1. The highest BCUT2D eigenvalue weighted by Crippen LogP contribution is 2.41. The lowest BCUT2D eigenvalue weighted by atomic mass is 10.0. The number of methoxy groups -OCH3 is 1. The second-order valence-electron chi connectivity index (χ2n) is 6.62. The summed E-state index contributed by atoms with van der Waals surface area (Å²) in [7, 11) is 1.37. The predicted molar refractivity (Wildman–Crippen MR) is 115 cm³/mol. The molecule has 1 N–H and O–H groups in total. The summed E-state index contributed by atoms with van der Waals surface area (Å²) in [5.41, 5.74) is 0.399. The molecule has 2 heterocycles. The van der Waals surface area contributed by atoms with Crippen LogP contribution >= 0.6 is 23.5 Å². The second-order valence-corrected chi connectivity index (χ2v) is 8.66. The van der Waals surface area contributed by atoms with Gasteiger partial charge >= 0.3 is 5.97 Å². The van der Waals surface area contributed by atoms with Crippen LogP contribution in [0.5, 0.6) is 0 Å². The molecule has 168 valence electrons. The van der Waals surface area contributed by atoms with Crippen molar-refractivity contribution in [1.29, 1.82) is 5.26 Å². The van der Waals surface area contributed by atoms with Crippen LogP contribution in [0.3, 0.4) is 0 Å². The van der Waals surface area contributed by atoms with Crippen molar-refractivity contribution in [3.8, 4) is 6.07 Å². The van der Waals surface area contributed by atoms with Gasteiger partial charge in [0.25, 0.3) is 11.6 Å². The number of ether oxygens (including phenoxy) is 2. The number of amides is 2. The summed E-state index contributed by atoms with van der Waals surface area (Å²) >= 11 is 2.37. The first kappa shape index (κ1) is 23.4. The number of carbonyl (C=O) groups excluding carboxylic acids is 3. The predicted octanol–water partition coefficient (Wildman–Crippen LogP) is 1.15. The topological polar surface area (TPSA) is 152 Å². The van der Waals surface area contributed by atoms with E-state index >= 15 is 0 Å². The van der Waals surface area contributed by atoms with E-state index in [9.17, 15) is 24.5 Å². The molecule has 0 aromatic heterocycles. The summed E-state index contributed by atoms with van der Waals surface area (Å²) in [6.45, 7) is -0.158. The van der Waals surface area contributed by atoms with E-state index in [1.807, 2.05) is 6.07 Å². The number of nitro groups is 1. The van der Waals surface area contributed by atoms with Crippen LogP contribution in [0, 0.1) is 21.4 Å². The monoisotopic (exact) mass is 478 g/mol. The number of hydrogen-bond acceptors (Lipinski definition) is 10. The van der Waals surface area contributed by atoms with Crippen molar-refractivity contribution in [3.05, 3.63) is 51.4 Å². The molecular weight excluding hydrogens is 460 g/mol. The molecule has 2 unspecified atom stereocenters. The number of β-lactam (4-membered cyclic amide) rings is 1. The fraction of sp³-hybridized carbons (Fsp3) is 0.368. The van der Waals surface area contributed by atoms with Crippen LogP contribution in [0.15, 0.2) is 35.7 Å². The number of esters is 1. The normalized spacial score (nSPS) is 20.4. The van der Waals surface area contributed by atoms with E-state index in [1.165, 1.54) is 48.0 Å². The first-order valence-electron chi connectivity index (χ1n) is 9.17. The zero-order valence-electron chi connectivity index (χ0n) is 17.0. The number of nitrogens with one attached hydrogen (secondary N) is 1. The van der Waals surface area contributed by atoms with Gasteiger partial charge in [-0.05, 0) is 24.0 Å². The largest absolute Gasteiger partial charge is 0.498 e. The number of rotatable bonds is 8. The van der Waals surface area contributed by atoms with E-state index < -0.39 is 39.4 Å². The number of nitriles is 1. The molecule has 0 spiro atoms. The van der Waals surface area contributed by atoms with Gasteiger partial charge in [0, 0.05) is 12.1 Å². The number of benzene rings is 1. The standard InChI is InChI=1S/C19H18N4O7S2/c1-29-12-9-32-18-14(21-16(24)13(7-20)31-2)17(25)22(18)15(12)19(26)30-8-10-3-5-11(6-4-10)23(27)28/h3-6,13-14,18H,8-9H2,1-2H3,(H,21,24)/t13?,14?,18-/m0/s1. The summed E-state index contributed by atoms with van der Waals surface area (Å²) in [6, 6.07) is 6.51. The van der Waals surface area contributed by atoms with Crippen LogP contribution in [0.4, 0.5) is 5.69 Å². The summed E-state index contributed by atoms with van der Waals surface area (Å²) in [5.74, 6) is -1.32. The average Bonchev–Trinajstić information content (AvgIpc) is 2.80. The van der Waals surface area contributed by atoms with Gasteiger partial charge in [0.15, 0.2) is 10.9 Å². The van der Waals surface area contributed by atoms with Crippen LogP contribution in [0.25, 0.3) is 0 Å². The van der Waals surface area contributed by atoms with Gasteiger partial charge < -0.3 is 14.8 Å². The molecule has 1 saturated heterocycles. The summed E-state index contributed by atoms with van der Waals surface area (Å²) in [5, 5.41) is 20.9. The number of hydrogen-bond donors (Lipinski definition) is 1. The maximum Gasteiger partial charge on any atom is 0.358 e. The zero-order chi connectivity index (χ0) is 23.4.